The van der Waals surface area contributed by atoms with Crippen molar-refractivity contribution in [3.8, 4) is 0 Å². The first-order chi connectivity index (χ1) is 11.2. The Labute approximate surface area is 133 Å². The molecule has 4 rings (SSSR count). The highest BCUT2D eigenvalue weighted by Crippen LogP contribution is 2.32. The molecule has 3 aromatic rings. The molecule has 2 aromatic heterocycles. The fourth-order valence-corrected chi connectivity index (χ4v) is 3.33. The first kappa shape index (κ1) is 14.0. The van der Waals surface area contributed by atoms with Gasteiger partial charge in [0.2, 0.25) is 5.91 Å². The standard InChI is InChI=1S/C17H18N4O2/c1-20-11-12(10-18-20)15-6-4-8-21(15)17(22)9-14-13-5-2-3-7-16(13)23-19-14/h2-3,5,7,10-11,15H,4,6,8-9H2,1H3. The highest BCUT2D eigenvalue weighted by molar-refractivity contribution is 5.86. The van der Waals surface area contributed by atoms with E-state index in [1.54, 1.807) is 4.68 Å². The number of carbonyl (C=O) groups excluding carboxylic acids is 1. The average Bonchev–Trinajstić information content (AvgIpc) is 3.26. The topological polar surface area (TPSA) is 64.2 Å². The SMILES string of the molecule is Cn1cc(C2CCCN2C(=O)Cc2noc3ccccc23)cn1. The molecule has 0 N–H and O–H groups in total. The number of carbonyl (C=O) groups is 1. The van der Waals surface area contributed by atoms with Crippen LogP contribution >= 0.6 is 0 Å². The van der Waals surface area contributed by atoms with E-state index < -0.39 is 0 Å². The van der Waals surface area contributed by atoms with E-state index in [9.17, 15) is 4.79 Å². The number of aromatic nitrogens is 3. The fraction of sp³-hybridized carbons (Fsp3) is 0.353. The number of aryl methyl sites for hydroxylation is 1. The molecule has 1 atom stereocenters. The molecule has 3 heterocycles. The van der Waals surface area contributed by atoms with Crippen molar-refractivity contribution in [3.05, 3.63) is 47.9 Å². The van der Waals surface area contributed by atoms with Gasteiger partial charge in [-0.15, -0.1) is 0 Å². The summed E-state index contributed by atoms with van der Waals surface area (Å²) in [5, 5.41) is 9.21. The van der Waals surface area contributed by atoms with Crippen molar-refractivity contribution in [1.29, 1.82) is 0 Å². The van der Waals surface area contributed by atoms with Crippen LogP contribution in [0.1, 0.15) is 30.1 Å². The van der Waals surface area contributed by atoms with Gasteiger partial charge in [-0.2, -0.15) is 5.10 Å². The van der Waals surface area contributed by atoms with Gasteiger partial charge in [-0.1, -0.05) is 17.3 Å². The monoisotopic (exact) mass is 310 g/mol. The van der Waals surface area contributed by atoms with Crippen LogP contribution in [-0.4, -0.2) is 32.3 Å². The largest absolute Gasteiger partial charge is 0.356 e. The number of amides is 1. The van der Waals surface area contributed by atoms with Crippen molar-refractivity contribution < 1.29 is 9.32 Å². The summed E-state index contributed by atoms with van der Waals surface area (Å²) in [6.45, 7) is 0.786. The van der Waals surface area contributed by atoms with Gasteiger partial charge in [-0.25, -0.2) is 0 Å². The Morgan fingerprint density at radius 3 is 3.09 bits per heavy atom. The molecule has 23 heavy (non-hydrogen) atoms. The van der Waals surface area contributed by atoms with Crippen molar-refractivity contribution in [2.45, 2.75) is 25.3 Å². The number of hydrogen-bond donors (Lipinski definition) is 0. The smallest absolute Gasteiger partial charge is 0.229 e. The average molecular weight is 310 g/mol. The van der Waals surface area contributed by atoms with Crippen LogP contribution in [-0.2, 0) is 18.3 Å². The van der Waals surface area contributed by atoms with Crippen LogP contribution in [0, 0.1) is 0 Å². The molecule has 6 heteroatoms. The van der Waals surface area contributed by atoms with Crippen molar-refractivity contribution in [2.75, 3.05) is 6.54 Å². The van der Waals surface area contributed by atoms with Crippen LogP contribution in [0.25, 0.3) is 11.0 Å². The second-order valence-corrected chi connectivity index (χ2v) is 5.99. The number of hydrogen-bond acceptors (Lipinski definition) is 4. The summed E-state index contributed by atoms with van der Waals surface area (Å²) in [4.78, 5) is 14.7. The molecule has 1 aromatic carbocycles. The lowest BCUT2D eigenvalue weighted by Gasteiger charge is -2.23. The number of nitrogens with zero attached hydrogens (tertiary/aromatic N) is 4. The molecule has 1 unspecified atom stereocenters. The molecule has 118 valence electrons. The highest BCUT2D eigenvalue weighted by atomic mass is 16.5. The van der Waals surface area contributed by atoms with E-state index in [-0.39, 0.29) is 18.4 Å². The van der Waals surface area contributed by atoms with Crippen LogP contribution in [0.3, 0.4) is 0 Å². The van der Waals surface area contributed by atoms with Gasteiger partial charge in [-0.05, 0) is 25.0 Å². The van der Waals surface area contributed by atoms with Gasteiger partial charge in [0.1, 0.15) is 5.69 Å². The lowest BCUT2D eigenvalue weighted by atomic mass is 10.1. The van der Waals surface area contributed by atoms with Gasteiger partial charge in [0.05, 0.1) is 18.7 Å². The third-order valence-electron chi connectivity index (χ3n) is 4.45. The number of rotatable bonds is 3. The third-order valence-corrected chi connectivity index (χ3v) is 4.45. The predicted molar refractivity (Wildman–Crippen MR) is 84.6 cm³/mol. The maximum atomic E-state index is 12.8. The number of likely N-dealkylation sites (tertiary alicyclic amines) is 1. The third kappa shape index (κ3) is 2.50. The van der Waals surface area contributed by atoms with Gasteiger partial charge in [0, 0.05) is 30.7 Å². The summed E-state index contributed by atoms with van der Waals surface area (Å²) >= 11 is 0. The lowest BCUT2D eigenvalue weighted by Crippen LogP contribution is -2.31. The van der Waals surface area contributed by atoms with Crippen molar-refractivity contribution >= 4 is 16.9 Å². The molecule has 1 aliphatic heterocycles. The van der Waals surface area contributed by atoms with Crippen LogP contribution in [0.4, 0.5) is 0 Å². The molecule has 1 fully saturated rings. The normalized spacial score (nSPS) is 18.0. The Hall–Kier alpha value is -2.63. The van der Waals surface area contributed by atoms with E-state index >= 15 is 0 Å². The summed E-state index contributed by atoms with van der Waals surface area (Å²) in [6, 6.07) is 7.76. The summed E-state index contributed by atoms with van der Waals surface area (Å²) < 4.78 is 7.07. The Bertz CT molecular complexity index is 851. The van der Waals surface area contributed by atoms with E-state index in [4.69, 9.17) is 4.52 Å². The minimum Gasteiger partial charge on any atom is -0.356 e. The Morgan fingerprint density at radius 2 is 2.26 bits per heavy atom. The van der Waals surface area contributed by atoms with Crippen molar-refractivity contribution in [1.82, 2.24) is 19.8 Å². The second kappa shape index (κ2) is 5.53. The molecule has 1 saturated heterocycles. The van der Waals surface area contributed by atoms with E-state index in [1.165, 1.54) is 0 Å². The zero-order valence-electron chi connectivity index (χ0n) is 13.0. The Balaban J connectivity index is 1.56. The lowest BCUT2D eigenvalue weighted by molar-refractivity contribution is -0.131. The van der Waals surface area contributed by atoms with E-state index in [2.05, 4.69) is 10.3 Å². The summed E-state index contributed by atoms with van der Waals surface area (Å²) in [6.07, 6.45) is 6.11. The maximum Gasteiger partial charge on any atom is 0.229 e. The minimum absolute atomic E-state index is 0.0930. The van der Waals surface area contributed by atoms with Crippen LogP contribution in [0.2, 0.25) is 0 Å². The summed E-state index contributed by atoms with van der Waals surface area (Å²) in [5.74, 6) is 0.0930. The zero-order valence-corrected chi connectivity index (χ0v) is 13.0. The van der Waals surface area contributed by atoms with E-state index in [0.29, 0.717) is 5.69 Å². The van der Waals surface area contributed by atoms with Crippen molar-refractivity contribution in [3.63, 3.8) is 0 Å². The number of fused-ring (bicyclic) bond motifs is 1. The Kier molecular flexibility index (Phi) is 3.37. The summed E-state index contributed by atoms with van der Waals surface area (Å²) in [7, 11) is 1.89. The second-order valence-electron chi connectivity index (χ2n) is 5.99. The molecule has 1 amide bonds. The molecule has 0 spiro atoms. The quantitative estimate of drug-likeness (QED) is 0.745. The van der Waals surface area contributed by atoms with Gasteiger partial charge in [0.25, 0.3) is 0 Å². The molecule has 0 aliphatic carbocycles. The van der Waals surface area contributed by atoms with Gasteiger partial charge < -0.3 is 9.42 Å². The van der Waals surface area contributed by atoms with Crippen LogP contribution in [0.5, 0.6) is 0 Å². The molecule has 1 aliphatic rings. The Morgan fingerprint density at radius 1 is 1.39 bits per heavy atom. The first-order valence-corrected chi connectivity index (χ1v) is 7.83. The van der Waals surface area contributed by atoms with Crippen molar-refractivity contribution in [2.24, 2.45) is 7.05 Å². The molecular weight excluding hydrogens is 292 g/mol. The number of benzene rings is 1. The summed E-state index contributed by atoms with van der Waals surface area (Å²) in [5.41, 5.74) is 2.53. The highest BCUT2D eigenvalue weighted by Gasteiger charge is 2.31. The van der Waals surface area contributed by atoms with Gasteiger partial charge in [-0.3, -0.25) is 9.48 Å². The maximum absolute atomic E-state index is 12.8. The van der Waals surface area contributed by atoms with Crippen LogP contribution in [0.15, 0.2) is 41.2 Å². The molecule has 0 bridgehead atoms. The molecule has 6 nitrogen and oxygen atoms in total. The van der Waals surface area contributed by atoms with E-state index in [1.807, 2.05) is 48.6 Å². The van der Waals surface area contributed by atoms with Gasteiger partial charge in [0.15, 0.2) is 5.58 Å². The number of para-hydroxylation sites is 1. The fourth-order valence-electron chi connectivity index (χ4n) is 3.33. The predicted octanol–water partition coefficient (Wildman–Crippen LogP) is 2.47. The van der Waals surface area contributed by atoms with E-state index in [0.717, 1.165) is 35.9 Å². The first-order valence-electron chi connectivity index (χ1n) is 7.83. The minimum atomic E-state index is 0.0930. The molecule has 0 saturated carbocycles. The molecule has 0 radical (unpaired) electrons. The van der Waals surface area contributed by atoms with Gasteiger partial charge >= 0.3 is 0 Å². The van der Waals surface area contributed by atoms with Crippen LogP contribution < -0.4 is 0 Å². The molecular formula is C17H18N4O2. The zero-order chi connectivity index (χ0) is 15.8.